The predicted molar refractivity (Wildman–Crippen MR) is 62.9 cm³/mol. The van der Waals surface area contributed by atoms with E-state index in [0.717, 1.165) is 6.54 Å². The van der Waals surface area contributed by atoms with Gasteiger partial charge in [0, 0.05) is 6.54 Å². The molecule has 1 fully saturated rings. The van der Waals surface area contributed by atoms with E-state index in [2.05, 4.69) is 15.3 Å². The van der Waals surface area contributed by atoms with E-state index in [4.69, 9.17) is 5.11 Å². The van der Waals surface area contributed by atoms with Crippen LogP contribution in [0.4, 0.5) is 5.82 Å². The van der Waals surface area contributed by atoms with Gasteiger partial charge in [-0.3, -0.25) is 4.98 Å². The lowest BCUT2D eigenvalue weighted by Gasteiger charge is -2.10. The smallest absolute Gasteiger partial charge is 0.356 e. The van der Waals surface area contributed by atoms with Crippen LogP contribution >= 0.6 is 11.8 Å². The molecule has 1 aliphatic heterocycles. The minimum Gasteiger partial charge on any atom is -0.476 e. The number of nitrogens with zero attached hydrogens (tertiary/aromatic N) is 2. The first-order valence-corrected chi connectivity index (χ1v) is 6.28. The molecule has 1 unspecified atom stereocenters. The molecule has 1 aliphatic rings. The number of aromatic nitrogens is 2. The summed E-state index contributed by atoms with van der Waals surface area (Å²) in [5.41, 5.74) is -0.0224. The molecule has 5 nitrogen and oxygen atoms in total. The highest BCUT2D eigenvalue weighted by molar-refractivity contribution is 7.99. The SMILES string of the molecule is O=C(O)c1cncc(NCC2CCSC2)n1. The maximum absolute atomic E-state index is 10.7. The Morgan fingerprint density at radius 1 is 1.62 bits per heavy atom. The number of rotatable bonds is 4. The van der Waals surface area contributed by atoms with Gasteiger partial charge in [-0.2, -0.15) is 11.8 Å². The maximum atomic E-state index is 10.7. The fraction of sp³-hybridized carbons (Fsp3) is 0.500. The van der Waals surface area contributed by atoms with Crippen molar-refractivity contribution in [1.82, 2.24) is 9.97 Å². The topological polar surface area (TPSA) is 75.1 Å². The number of hydrogen-bond donors (Lipinski definition) is 2. The van der Waals surface area contributed by atoms with Crippen LogP contribution in [-0.4, -0.2) is 39.1 Å². The molecule has 0 aromatic carbocycles. The molecular weight excluding hydrogens is 226 g/mol. The van der Waals surface area contributed by atoms with E-state index in [1.54, 1.807) is 6.20 Å². The van der Waals surface area contributed by atoms with Gasteiger partial charge in [0.25, 0.3) is 0 Å². The second-order valence-electron chi connectivity index (χ2n) is 3.71. The van der Waals surface area contributed by atoms with Crippen LogP contribution in [0.1, 0.15) is 16.9 Å². The summed E-state index contributed by atoms with van der Waals surface area (Å²) < 4.78 is 0. The summed E-state index contributed by atoms with van der Waals surface area (Å²) in [4.78, 5) is 18.5. The van der Waals surface area contributed by atoms with Gasteiger partial charge in [-0.1, -0.05) is 0 Å². The molecule has 1 aromatic heterocycles. The number of carbonyl (C=O) groups is 1. The van der Waals surface area contributed by atoms with E-state index in [0.29, 0.717) is 11.7 Å². The van der Waals surface area contributed by atoms with Crippen LogP contribution in [0.3, 0.4) is 0 Å². The average Bonchev–Trinajstić information content (AvgIpc) is 2.79. The third-order valence-electron chi connectivity index (χ3n) is 2.45. The summed E-state index contributed by atoms with van der Waals surface area (Å²) in [6.45, 7) is 0.838. The largest absolute Gasteiger partial charge is 0.476 e. The van der Waals surface area contributed by atoms with Gasteiger partial charge in [0.1, 0.15) is 5.82 Å². The van der Waals surface area contributed by atoms with Crippen molar-refractivity contribution in [3.8, 4) is 0 Å². The zero-order valence-corrected chi connectivity index (χ0v) is 9.54. The van der Waals surface area contributed by atoms with E-state index in [1.807, 2.05) is 11.8 Å². The molecule has 2 heterocycles. The van der Waals surface area contributed by atoms with Gasteiger partial charge < -0.3 is 10.4 Å². The lowest BCUT2D eigenvalue weighted by Crippen LogP contribution is -2.15. The van der Waals surface area contributed by atoms with Gasteiger partial charge in [0.05, 0.1) is 12.4 Å². The summed E-state index contributed by atoms with van der Waals surface area (Å²) in [6.07, 6.45) is 4.01. The highest BCUT2D eigenvalue weighted by atomic mass is 32.2. The molecule has 1 aromatic rings. The van der Waals surface area contributed by atoms with Crippen LogP contribution in [0.5, 0.6) is 0 Å². The molecule has 2 rings (SSSR count). The maximum Gasteiger partial charge on any atom is 0.356 e. The number of carboxylic acids is 1. The Balaban J connectivity index is 1.93. The minimum atomic E-state index is -1.05. The van der Waals surface area contributed by atoms with Crippen molar-refractivity contribution in [3.63, 3.8) is 0 Å². The van der Waals surface area contributed by atoms with Crippen LogP contribution in [0.15, 0.2) is 12.4 Å². The predicted octanol–water partition coefficient (Wildman–Crippen LogP) is 1.34. The normalized spacial score (nSPS) is 19.6. The first-order valence-electron chi connectivity index (χ1n) is 5.12. The molecule has 1 atom stereocenters. The fourth-order valence-electron chi connectivity index (χ4n) is 1.55. The number of carboxylic acid groups (broad SMARTS) is 1. The van der Waals surface area contributed by atoms with E-state index in [9.17, 15) is 4.79 Å². The number of nitrogens with one attached hydrogen (secondary N) is 1. The quantitative estimate of drug-likeness (QED) is 0.826. The average molecular weight is 239 g/mol. The number of anilines is 1. The second kappa shape index (κ2) is 5.16. The van der Waals surface area contributed by atoms with Gasteiger partial charge in [0.2, 0.25) is 0 Å². The van der Waals surface area contributed by atoms with Crippen molar-refractivity contribution in [1.29, 1.82) is 0 Å². The molecule has 0 amide bonds. The van der Waals surface area contributed by atoms with Gasteiger partial charge in [-0.25, -0.2) is 9.78 Å². The number of aromatic carboxylic acids is 1. The van der Waals surface area contributed by atoms with Gasteiger partial charge >= 0.3 is 5.97 Å². The zero-order chi connectivity index (χ0) is 11.4. The Labute approximate surface area is 97.7 Å². The molecule has 0 saturated carbocycles. The molecule has 16 heavy (non-hydrogen) atoms. The van der Waals surface area contributed by atoms with Crippen LogP contribution < -0.4 is 5.32 Å². The first kappa shape index (κ1) is 11.2. The Bertz CT molecular complexity index is 380. The fourth-order valence-corrected chi connectivity index (χ4v) is 2.83. The van der Waals surface area contributed by atoms with Crippen molar-refractivity contribution in [2.75, 3.05) is 23.4 Å². The summed E-state index contributed by atoms with van der Waals surface area (Å²) in [5, 5.41) is 11.9. The Morgan fingerprint density at radius 3 is 3.19 bits per heavy atom. The highest BCUT2D eigenvalue weighted by Gasteiger charge is 2.15. The van der Waals surface area contributed by atoms with Crippen molar-refractivity contribution >= 4 is 23.5 Å². The summed E-state index contributed by atoms with van der Waals surface area (Å²) in [5.74, 6) is 2.52. The van der Waals surface area contributed by atoms with E-state index >= 15 is 0 Å². The van der Waals surface area contributed by atoms with Crippen LogP contribution in [0.25, 0.3) is 0 Å². The first-order chi connectivity index (χ1) is 7.75. The van der Waals surface area contributed by atoms with Gasteiger partial charge in [-0.05, 0) is 23.8 Å². The molecule has 0 bridgehead atoms. The molecule has 0 aliphatic carbocycles. The molecule has 2 N–H and O–H groups in total. The van der Waals surface area contributed by atoms with E-state index in [-0.39, 0.29) is 5.69 Å². The van der Waals surface area contributed by atoms with E-state index in [1.165, 1.54) is 24.1 Å². The number of thioether (sulfide) groups is 1. The summed E-state index contributed by atoms with van der Waals surface area (Å²) in [6, 6.07) is 0. The third-order valence-corrected chi connectivity index (χ3v) is 3.68. The molecule has 0 spiro atoms. The lowest BCUT2D eigenvalue weighted by molar-refractivity contribution is 0.0690. The van der Waals surface area contributed by atoms with Gasteiger partial charge in [0.15, 0.2) is 5.69 Å². The number of hydrogen-bond acceptors (Lipinski definition) is 5. The van der Waals surface area contributed by atoms with Crippen molar-refractivity contribution in [2.45, 2.75) is 6.42 Å². The summed E-state index contributed by atoms with van der Waals surface area (Å²) in [7, 11) is 0. The molecule has 0 radical (unpaired) electrons. The Hall–Kier alpha value is -1.30. The van der Waals surface area contributed by atoms with Crippen LogP contribution in [0, 0.1) is 5.92 Å². The monoisotopic (exact) mass is 239 g/mol. The highest BCUT2D eigenvalue weighted by Crippen LogP contribution is 2.23. The van der Waals surface area contributed by atoms with E-state index < -0.39 is 5.97 Å². The van der Waals surface area contributed by atoms with Gasteiger partial charge in [-0.15, -0.1) is 0 Å². The molecular formula is C10H13N3O2S. The zero-order valence-electron chi connectivity index (χ0n) is 8.72. The second-order valence-corrected chi connectivity index (χ2v) is 4.86. The molecule has 6 heteroatoms. The van der Waals surface area contributed by atoms with Crippen LogP contribution in [-0.2, 0) is 0 Å². The third kappa shape index (κ3) is 2.85. The Kier molecular flexibility index (Phi) is 3.61. The lowest BCUT2D eigenvalue weighted by atomic mass is 10.1. The standard InChI is InChI=1S/C10H13N3O2S/c14-10(15)8-4-11-5-9(13-8)12-3-7-1-2-16-6-7/h4-5,7H,1-3,6H2,(H,12,13)(H,14,15). The van der Waals surface area contributed by atoms with Crippen molar-refractivity contribution < 1.29 is 9.90 Å². The molecule has 86 valence electrons. The molecule has 1 saturated heterocycles. The van der Waals surface area contributed by atoms with Crippen molar-refractivity contribution in [2.24, 2.45) is 5.92 Å². The Morgan fingerprint density at radius 2 is 2.50 bits per heavy atom. The minimum absolute atomic E-state index is 0.0224. The van der Waals surface area contributed by atoms with Crippen LogP contribution in [0.2, 0.25) is 0 Å². The van der Waals surface area contributed by atoms with Crippen molar-refractivity contribution in [3.05, 3.63) is 18.1 Å². The summed E-state index contributed by atoms with van der Waals surface area (Å²) >= 11 is 1.96.